The van der Waals surface area contributed by atoms with E-state index in [0.29, 0.717) is 5.82 Å². The molecule has 0 saturated carbocycles. The summed E-state index contributed by atoms with van der Waals surface area (Å²) in [5.74, 6) is 0.0898. The summed E-state index contributed by atoms with van der Waals surface area (Å²) >= 11 is 0. The van der Waals surface area contributed by atoms with Crippen molar-refractivity contribution in [3.05, 3.63) is 36.7 Å². The Morgan fingerprint density at radius 1 is 1.42 bits per heavy atom. The number of amides is 1. The number of nitrogens with zero attached hydrogens (tertiary/aromatic N) is 3. The first-order valence-corrected chi connectivity index (χ1v) is 5.73. The maximum Gasteiger partial charge on any atom is 0.247 e. The number of carbonyl (C=O) groups excluding carboxylic acids is 1. The van der Waals surface area contributed by atoms with Gasteiger partial charge in [-0.1, -0.05) is 0 Å². The Kier molecular flexibility index (Phi) is 2.64. The molecule has 0 aliphatic heterocycles. The summed E-state index contributed by atoms with van der Waals surface area (Å²) in [6, 6.07) is 7.59. The first kappa shape index (κ1) is 11.3. The molecule has 4 N–H and O–H groups in total. The lowest BCUT2D eigenvalue weighted by molar-refractivity contribution is -0.117. The summed E-state index contributed by atoms with van der Waals surface area (Å²) in [6.45, 7) is 0.0301. The molecule has 3 rings (SSSR count). The van der Waals surface area contributed by atoms with Crippen LogP contribution in [0.1, 0.15) is 0 Å². The van der Waals surface area contributed by atoms with Gasteiger partial charge in [0.2, 0.25) is 5.91 Å². The molecule has 2 heterocycles. The Balaban J connectivity index is 1.71. The second-order valence-corrected chi connectivity index (χ2v) is 4.13. The number of rotatable bonds is 3. The number of hydrogen-bond acceptors (Lipinski definition) is 4. The topological polar surface area (TPSA) is 102 Å². The first-order valence-electron chi connectivity index (χ1n) is 5.73. The summed E-state index contributed by atoms with van der Waals surface area (Å²) in [7, 11) is 0. The highest BCUT2D eigenvalue weighted by Crippen LogP contribution is 2.17. The van der Waals surface area contributed by atoms with Crippen LogP contribution in [-0.2, 0) is 11.3 Å². The molecule has 0 saturated heterocycles. The predicted octanol–water partition coefficient (Wildman–Crippen LogP) is 0.980. The fourth-order valence-electron chi connectivity index (χ4n) is 1.85. The second kappa shape index (κ2) is 4.45. The summed E-state index contributed by atoms with van der Waals surface area (Å²) in [4.78, 5) is 16.1. The van der Waals surface area contributed by atoms with Crippen LogP contribution in [-0.4, -0.2) is 25.9 Å². The highest BCUT2D eigenvalue weighted by Gasteiger charge is 2.06. The van der Waals surface area contributed by atoms with Crippen LogP contribution in [0.2, 0.25) is 0 Å². The van der Waals surface area contributed by atoms with Crippen molar-refractivity contribution in [1.29, 1.82) is 0 Å². The lowest BCUT2D eigenvalue weighted by atomic mass is 10.2. The van der Waals surface area contributed by atoms with E-state index in [1.807, 2.05) is 30.5 Å². The summed E-state index contributed by atoms with van der Waals surface area (Å²) in [5, 5.41) is 11.5. The van der Waals surface area contributed by atoms with Gasteiger partial charge in [0.15, 0.2) is 5.82 Å². The van der Waals surface area contributed by atoms with Gasteiger partial charge in [0.1, 0.15) is 6.54 Å². The van der Waals surface area contributed by atoms with Crippen molar-refractivity contribution < 1.29 is 4.79 Å². The number of aromatic nitrogens is 4. The number of carbonyl (C=O) groups is 1. The van der Waals surface area contributed by atoms with Gasteiger partial charge in [0.05, 0.1) is 6.20 Å². The maximum absolute atomic E-state index is 11.8. The molecule has 7 heteroatoms. The molecule has 0 radical (unpaired) electrons. The number of nitrogen functional groups attached to an aromatic ring is 1. The van der Waals surface area contributed by atoms with E-state index in [1.165, 1.54) is 11.0 Å². The molecular weight excluding hydrogens is 244 g/mol. The van der Waals surface area contributed by atoms with Gasteiger partial charge in [-0.2, -0.15) is 9.90 Å². The molecule has 0 spiro atoms. The molecule has 0 fully saturated rings. The smallest absolute Gasteiger partial charge is 0.247 e. The van der Waals surface area contributed by atoms with Gasteiger partial charge in [0, 0.05) is 22.8 Å². The number of anilines is 2. The lowest BCUT2D eigenvalue weighted by Crippen LogP contribution is -2.20. The third-order valence-electron chi connectivity index (χ3n) is 2.68. The van der Waals surface area contributed by atoms with E-state index in [-0.39, 0.29) is 12.5 Å². The first-order chi connectivity index (χ1) is 9.20. The Morgan fingerprint density at radius 2 is 2.32 bits per heavy atom. The van der Waals surface area contributed by atoms with E-state index in [9.17, 15) is 4.79 Å². The molecule has 7 nitrogen and oxygen atoms in total. The van der Waals surface area contributed by atoms with Crippen LogP contribution < -0.4 is 11.1 Å². The predicted molar refractivity (Wildman–Crippen MR) is 71.4 cm³/mol. The average Bonchev–Trinajstić information content (AvgIpc) is 2.97. The fraction of sp³-hybridized carbons (Fsp3) is 0.0833. The normalized spacial score (nSPS) is 10.7. The van der Waals surface area contributed by atoms with Crippen molar-refractivity contribution in [3.63, 3.8) is 0 Å². The quantitative estimate of drug-likeness (QED) is 0.650. The molecule has 0 unspecified atom stereocenters. The molecule has 3 aromatic rings. The molecule has 19 heavy (non-hydrogen) atoms. The van der Waals surface area contributed by atoms with E-state index in [4.69, 9.17) is 5.73 Å². The van der Waals surface area contributed by atoms with Crippen molar-refractivity contribution in [1.82, 2.24) is 20.0 Å². The number of aromatic amines is 1. The fourth-order valence-corrected chi connectivity index (χ4v) is 1.85. The number of hydrogen-bond donors (Lipinski definition) is 3. The zero-order valence-electron chi connectivity index (χ0n) is 10.00. The van der Waals surface area contributed by atoms with E-state index in [1.54, 1.807) is 0 Å². The molecule has 0 bridgehead atoms. The Labute approximate surface area is 108 Å². The van der Waals surface area contributed by atoms with Gasteiger partial charge >= 0.3 is 0 Å². The summed E-state index contributed by atoms with van der Waals surface area (Å²) < 4.78 is 0. The Bertz CT molecular complexity index is 728. The number of benzene rings is 1. The molecular formula is C12H12N6O. The highest BCUT2D eigenvalue weighted by atomic mass is 16.2. The standard InChI is InChI=1S/C12H12N6O/c13-11-6-15-18(17-11)7-12(19)16-9-1-2-10-8(5-9)3-4-14-10/h1-6,14H,7H2,(H2,13,17)(H,16,19). The van der Waals surface area contributed by atoms with Crippen LogP contribution in [0.15, 0.2) is 36.7 Å². The van der Waals surface area contributed by atoms with Crippen molar-refractivity contribution in [3.8, 4) is 0 Å². The van der Waals surface area contributed by atoms with Crippen molar-refractivity contribution in [2.45, 2.75) is 6.54 Å². The van der Waals surface area contributed by atoms with Crippen LogP contribution in [0.5, 0.6) is 0 Å². The van der Waals surface area contributed by atoms with Gasteiger partial charge < -0.3 is 16.0 Å². The molecule has 2 aromatic heterocycles. The molecule has 0 atom stereocenters. The maximum atomic E-state index is 11.8. The zero-order chi connectivity index (χ0) is 13.2. The van der Waals surface area contributed by atoms with Crippen LogP contribution in [0.3, 0.4) is 0 Å². The minimum atomic E-state index is -0.203. The number of nitrogens with one attached hydrogen (secondary N) is 2. The number of H-pyrrole nitrogens is 1. The lowest BCUT2D eigenvalue weighted by Gasteiger charge is -2.04. The van der Waals surface area contributed by atoms with Gasteiger partial charge in [-0.15, -0.1) is 5.10 Å². The van der Waals surface area contributed by atoms with Crippen LogP contribution in [0, 0.1) is 0 Å². The zero-order valence-corrected chi connectivity index (χ0v) is 10.00. The highest BCUT2D eigenvalue weighted by molar-refractivity contribution is 5.93. The van der Waals surface area contributed by atoms with E-state index in [2.05, 4.69) is 20.5 Å². The summed E-state index contributed by atoms with van der Waals surface area (Å²) in [6.07, 6.45) is 3.26. The summed E-state index contributed by atoms with van der Waals surface area (Å²) in [5.41, 5.74) is 7.19. The third kappa shape index (κ3) is 2.39. The van der Waals surface area contributed by atoms with Crippen LogP contribution >= 0.6 is 0 Å². The van der Waals surface area contributed by atoms with Crippen LogP contribution in [0.25, 0.3) is 10.9 Å². The van der Waals surface area contributed by atoms with Gasteiger partial charge in [-0.3, -0.25) is 4.79 Å². The molecule has 1 amide bonds. The Hall–Kier alpha value is -2.83. The minimum absolute atomic E-state index is 0.0301. The Morgan fingerprint density at radius 3 is 3.11 bits per heavy atom. The van der Waals surface area contributed by atoms with Gasteiger partial charge in [-0.25, -0.2) is 0 Å². The third-order valence-corrected chi connectivity index (χ3v) is 2.68. The van der Waals surface area contributed by atoms with Crippen molar-refractivity contribution in [2.24, 2.45) is 0 Å². The average molecular weight is 256 g/mol. The monoisotopic (exact) mass is 256 g/mol. The molecule has 96 valence electrons. The second-order valence-electron chi connectivity index (χ2n) is 4.13. The molecule has 0 aliphatic carbocycles. The van der Waals surface area contributed by atoms with Crippen LogP contribution in [0.4, 0.5) is 11.5 Å². The van der Waals surface area contributed by atoms with Gasteiger partial charge in [0.25, 0.3) is 0 Å². The van der Waals surface area contributed by atoms with Crippen molar-refractivity contribution in [2.75, 3.05) is 11.1 Å². The van der Waals surface area contributed by atoms with E-state index >= 15 is 0 Å². The van der Waals surface area contributed by atoms with E-state index in [0.717, 1.165) is 16.6 Å². The molecule has 1 aromatic carbocycles. The minimum Gasteiger partial charge on any atom is -0.381 e. The SMILES string of the molecule is Nc1cnn(CC(=O)Nc2ccc3[nH]ccc3c2)n1. The number of fused-ring (bicyclic) bond motifs is 1. The molecule has 0 aliphatic rings. The number of nitrogens with two attached hydrogens (primary N) is 1. The van der Waals surface area contributed by atoms with E-state index < -0.39 is 0 Å². The van der Waals surface area contributed by atoms with Crippen molar-refractivity contribution >= 4 is 28.3 Å². The van der Waals surface area contributed by atoms with Gasteiger partial charge in [-0.05, 0) is 24.3 Å². The largest absolute Gasteiger partial charge is 0.381 e.